The van der Waals surface area contributed by atoms with Crippen molar-refractivity contribution in [2.45, 2.75) is 38.4 Å². The maximum absolute atomic E-state index is 14.1. The number of benzene rings is 2. The summed E-state index contributed by atoms with van der Waals surface area (Å²) < 4.78 is 15.6. The molecule has 7 heteroatoms. The first-order valence-electron chi connectivity index (χ1n) is 9.21. The molecule has 0 radical (unpaired) electrons. The highest BCUT2D eigenvalue weighted by atomic mass is 35.5. The monoisotopic (exact) mass is 399 g/mol. The summed E-state index contributed by atoms with van der Waals surface area (Å²) in [5, 5.41) is 0.836. The third-order valence-corrected chi connectivity index (χ3v) is 5.35. The molecule has 1 saturated carbocycles. The summed E-state index contributed by atoms with van der Waals surface area (Å²) >= 11 is 6.12. The van der Waals surface area contributed by atoms with E-state index >= 15 is 0 Å². The molecule has 3 aromatic rings. The topological polar surface area (TPSA) is 55.2 Å². The minimum atomic E-state index is -0.416. The maximum atomic E-state index is 14.1. The molecule has 144 valence electrons. The largest absolute Gasteiger partial charge is 0.335 e. The van der Waals surface area contributed by atoms with Crippen LogP contribution in [0.5, 0.6) is 0 Å². The Bertz CT molecular complexity index is 1070. The molecule has 1 aliphatic carbocycles. The second-order valence-corrected chi connectivity index (χ2v) is 7.37. The SMILES string of the molecule is O=C(CCn1cnc2ccccc2c1=O)N(Cc1c(F)cccc1Cl)C1CC1. The number of hydrogen-bond acceptors (Lipinski definition) is 3. The smallest absolute Gasteiger partial charge is 0.261 e. The Hall–Kier alpha value is -2.73. The van der Waals surface area contributed by atoms with Gasteiger partial charge in [-0.05, 0) is 37.1 Å². The summed E-state index contributed by atoms with van der Waals surface area (Å²) in [5.41, 5.74) is 0.784. The number of carbonyl (C=O) groups excluding carboxylic acids is 1. The zero-order valence-corrected chi connectivity index (χ0v) is 15.9. The second-order valence-electron chi connectivity index (χ2n) is 6.96. The molecule has 0 spiro atoms. The van der Waals surface area contributed by atoms with E-state index in [1.54, 1.807) is 35.2 Å². The van der Waals surface area contributed by atoms with Gasteiger partial charge in [-0.2, -0.15) is 0 Å². The molecule has 0 saturated heterocycles. The Labute approximate surface area is 166 Å². The third-order valence-electron chi connectivity index (χ3n) is 5.00. The summed E-state index contributed by atoms with van der Waals surface area (Å²) in [6.07, 6.45) is 3.40. The van der Waals surface area contributed by atoms with E-state index in [0.29, 0.717) is 21.5 Å². The third kappa shape index (κ3) is 3.78. The van der Waals surface area contributed by atoms with Crippen molar-refractivity contribution in [1.82, 2.24) is 14.5 Å². The van der Waals surface area contributed by atoms with Gasteiger partial charge in [0.1, 0.15) is 5.82 Å². The molecule has 1 heterocycles. The number of amides is 1. The van der Waals surface area contributed by atoms with Crippen LogP contribution in [0.2, 0.25) is 5.02 Å². The van der Waals surface area contributed by atoms with Gasteiger partial charge in [-0.3, -0.25) is 14.2 Å². The van der Waals surface area contributed by atoms with Gasteiger partial charge in [0.25, 0.3) is 5.56 Å². The minimum absolute atomic E-state index is 0.106. The molecule has 4 rings (SSSR count). The van der Waals surface area contributed by atoms with Gasteiger partial charge >= 0.3 is 0 Å². The second kappa shape index (κ2) is 7.72. The van der Waals surface area contributed by atoms with E-state index in [1.165, 1.54) is 17.0 Å². The zero-order chi connectivity index (χ0) is 19.7. The van der Waals surface area contributed by atoms with E-state index in [0.717, 1.165) is 12.8 Å². The number of hydrogen-bond donors (Lipinski definition) is 0. The lowest BCUT2D eigenvalue weighted by atomic mass is 10.2. The standard InChI is InChI=1S/C21H19ClFN3O2/c22-17-5-3-6-18(23)16(17)12-26(14-8-9-14)20(27)10-11-25-13-24-19-7-2-1-4-15(19)21(25)28/h1-7,13-14H,8-12H2. The van der Waals surface area contributed by atoms with Crippen LogP contribution < -0.4 is 5.56 Å². The number of halogens is 2. The van der Waals surface area contributed by atoms with E-state index in [4.69, 9.17) is 11.6 Å². The molecule has 28 heavy (non-hydrogen) atoms. The predicted molar refractivity (Wildman–Crippen MR) is 106 cm³/mol. The number of carbonyl (C=O) groups is 1. The van der Waals surface area contributed by atoms with Gasteiger partial charge in [-0.15, -0.1) is 0 Å². The van der Waals surface area contributed by atoms with Gasteiger partial charge in [-0.25, -0.2) is 9.37 Å². The summed E-state index contributed by atoms with van der Waals surface area (Å²) in [7, 11) is 0. The number of rotatable bonds is 6. The number of aryl methyl sites for hydroxylation is 1. The Balaban J connectivity index is 1.50. The first-order valence-corrected chi connectivity index (χ1v) is 9.59. The minimum Gasteiger partial charge on any atom is -0.335 e. The molecule has 1 aliphatic rings. The molecule has 2 aromatic carbocycles. The van der Waals surface area contributed by atoms with Gasteiger partial charge in [0.2, 0.25) is 5.91 Å². The molecule has 0 bridgehead atoms. The number of para-hydroxylation sites is 1. The number of aromatic nitrogens is 2. The summed E-state index contributed by atoms with van der Waals surface area (Å²) in [4.78, 5) is 31.3. The highest BCUT2D eigenvalue weighted by Gasteiger charge is 2.33. The quantitative estimate of drug-likeness (QED) is 0.634. The first kappa shape index (κ1) is 18.6. The molecule has 0 unspecified atom stereocenters. The fraction of sp³-hybridized carbons (Fsp3) is 0.286. The van der Waals surface area contributed by atoms with E-state index < -0.39 is 5.82 Å². The van der Waals surface area contributed by atoms with E-state index in [-0.39, 0.29) is 37.0 Å². The summed E-state index contributed by atoms with van der Waals surface area (Å²) in [6, 6.07) is 11.7. The van der Waals surface area contributed by atoms with Gasteiger partial charge in [0, 0.05) is 29.6 Å². The normalized spacial score (nSPS) is 13.6. The average molecular weight is 400 g/mol. The van der Waals surface area contributed by atoms with Crippen molar-refractivity contribution in [2.24, 2.45) is 0 Å². The number of nitrogens with zero attached hydrogens (tertiary/aromatic N) is 3. The van der Waals surface area contributed by atoms with Crippen molar-refractivity contribution in [3.63, 3.8) is 0 Å². The molecule has 1 fully saturated rings. The zero-order valence-electron chi connectivity index (χ0n) is 15.1. The van der Waals surface area contributed by atoms with Crippen LogP contribution in [0.15, 0.2) is 53.6 Å². The fourth-order valence-electron chi connectivity index (χ4n) is 3.29. The van der Waals surface area contributed by atoms with Crippen LogP contribution in [0.25, 0.3) is 10.9 Å². The van der Waals surface area contributed by atoms with Gasteiger partial charge in [0.05, 0.1) is 23.8 Å². The van der Waals surface area contributed by atoms with E-state index in [2.05, 4.69) is 4.98 Å². The van der Waals surface area contributed by atoms with Crippen LogP contribution in [-0.4, -0.2) is 26.4 Å². The maximum Gasteiger partial charge on any atom is 0.261 e. The van der Waals surface area contributed by atoms with Crippen molar-refractivity contribution >= 4 is 28.4 Å². The summed E-state index contributed by atoms with van der Waals surface area (Å²) in [6.45, 7) is 0.365. The van der Waals surface area contributed by atoms with Crippen LogP contribution in [0.1, 0.15) is 24.8 Å². The van der Waals surface area contributed by atoms with Crippen LogP contribution in [0.3, 0.4) is 0 Å². The molecule has 0 atom stereocenters. The van der Waals surface area contributed by atoms with E-state index in [9.17, 15) is 14.0 Å². The lowest BCUT2D eigenvalue weighted by Crippen LogP contribution is -2.34. The molecule has 1 aromatic heterocycles. The van der Waals surface area contributed by atoms with Crippen molar-refractivity contribution in [2.75, 3.05) is 0 Å². The van der Waals surface area contributed by atoms with Crippen LogP contribution in [0.4, 0.5) is 4.39 Å². The summed E-state index contributed by atoms with van der Waals surface area (Å²) in [5.74, 6) is -0.539. The van der Waals surface area contributed by atoms with Crippen LogP contribution in [0, 0.1) is 5.82 Å². The molecular formula is C21H19ClFN3O2. The Morgan fingerprint density at radius 1 is 1.21 bits per heavy atom. The lowest BCUT2D eigenvalue weighted by Gasteiger charge is -2.23. The van der Waals surface area contributed by atoms with Crippen molar-refractivity contribution in [3.8, 4) is 0 Å². The molecule has 0 aliphatic heterocycles. The fourth-order valence-corrected chi connectivity index (χ4v) is 3.51. The molecule has 1 amide bonds. The van der Waals surface area contributed by atoms with Crippen molar-refractivity contribution < 1.29 is 9.18 Å². The number of fused-ring (bicyclic) bond motifs is 1. The lowest BCUT2D eigenvalue weighted by molar-refractivity contribution is -0.132. The van der Waals surface area contributed by atoms with Crippen molar-refractivity contribution in [1.29, 1.82) is 0 Å². The molecular weight excluding hydrogens is 381 g/mol. The molecule has 5 nitrogen and oxygen atoms in total. The first-order chi connectivity index (χ1) is 13.5. The Morgan fingerprint density at radius 3 is 2.75 bits per heavy atom. The van der Waals surface area contributed by atoms with Crippen LogP contribution in [-0.2, 0) is 17.9 Å². The van der Waals surface area contributed by atoms with E-state index in [1.807, 2.05) is 6.07 Å². The molecule has 0 N–H and O–H groups in total. The van der Waals surface area contributed by atoms with Crippen molar-refractivity contribution in [3.05, 3.63) is 75.5 Å². The van der Waals surface area contributed by atoms with Gasteiger partial charge < -0.3 is 4.90 Å². The Kier molecular flexibility index (Phi) is 5.13. The van der Waals surface area contributed by atoms with Crippen LogP contribution >= 0.6 is 11.6 Å². The highest BCUT2D eigenvalue weighted by molar-refractivity contribution is 6.31. The van der Waals surface area contributed by atoms with Gasteiger partial charge in [-0.1, -0.05) is 29.8 Å². The van der Waals surface area contributed by atoms with Gasteiger partial charge in [0.15, 0.2) is 0 Å². The highest BCUT2D eigenvalue weighted by Crippen LogP contribution is 2.31. The predicted octanol–water partition coefficient (Wildman–Crippen LogP) is 3.77. The average Bonchev–Trinajstić information content (AvgIpc) is 3.52. The Morgan fingerprint density at radius 2 is 2.00 bits per heavy atom.